The molecule has 1 aliphatic carbocycles. The minimum Gasteiger partial charge on any atom is -0.379 e. The highest BCUT2D eigenvalue weighted by Crippen LogP contribution is 2.22. The van der Waals surface area contributed by atoms with Crippen LogP contribution in [0.3, 0.4) is 0 Å². The van der Waals surface area contributed by atoms with Crippen LogP contribution >= 0.6 is 0 Å². The molecule has 2 aromatic heterocycles. The standard InChI is InChI=1S/C18H24N8O4/c27-17-13-14(20-25(19-13)3-1-23-5-9-29-10-6-23)18(28)16-15(17)21-26(22-16)4-2-24-7-11-30-12-8-24/h1-12H2. The summed E-state index contributed by atoms with van der Waals surface area (Å²) in [6.45, 7) is 8.72. The van der Waals surface area contributed by atoms with Crippen LogP contribution in [0.15, 0.2) is 0 Å². The van der Waals surface area contributed by atoms with Crippen molar-refractivity contribution in [1.29, 1.82) is 0 Å². The van der Waals surface area contributed by atoms with Gasteiger partial charge in [-0.25, -0.2) is 0 Å². The molecule has 4 heterocycles. The predicted molar refractivity (Wildman–Crippen MR) is 101 cm³/mol. The van der Waals surface area contributed by atoms with E-state index in [-0.39, 0.29) is 22.8 Å². The highest BCUT2D eigenvalue weighted by molar-refractivity contribution is 6.25. The zero-order valence-electron chi connectivity index (χ0n) is 16.7. The van der Waals surface area contributed by atoms with Gasteiger partial charge in [0.2, 0.25) is 11.6 Å². The first kappa shape index (κ1) is 19.4. The molecule has 0 saturated carbocycles. The molecule has 0 atom stereocenters. The van der Waals surface area contributed by atoms with Crippen molar-refractivity contribution in [2.24, 2.45) is 0 Å². The maximum atomic E-state index is 12.9. The summed E-state index contributed by atoms with van der Waals surface area (Å²) in [6, 6.07) is 0. The van der Waals surface area contributed by atoms with E-state index in [0.717, 1.165) is 39.3 Å². The highest BCUT2D eigenvalue weighted by atomic mass is 16.5. The summed E-state index contributed by atoms with van der Waals surface area (Å²) in [4.78, 5) is 33.0. The fraction of sp³-hybridized carbons (Fsp3) is 0.667. The van der Waals surface area contributed by atoms with Gasteiger partial charge in [0, 0.05) is 39.3 Å². The Morgan fingerprint density at radius 3 is 1.23 bits per heavy atom. The van der Waals surface area contributed by atoms with E-state index < -0.39 is 11.6 Å². The molecule has 0 bridgehead atoms. The van der Waals surface area contributed by atoms with Crippen molar-refractivity contribution >= 4 is 11.6 Å². The summed E-state index contributed by atoms with van der Waals surface area (Å²) in [6.07, 6.45) is 0. The van der Waals surface area contributed by atoms with Crippen molar-refractivity contribution in [3.8, 4) is 0 Å². The monoisotopic (exact) mass is 416 g/mol. The number of hydrogen-bond donors (Lipinski definition) is 0. The van der Waals surface area contributed by atoms with Crippen molar-refractivity contribution in [2.45, 2.75) is 13.1 Å². The van der Waals surface area contributed by atoms with E-state index in [1.165, 1.54) is 9.59 Å². The van der Waals surface area contributed by atoms with Gasteiger partial charge in [-0.05, 0) is 0 Å². The van der Waals surface area contributed by atoms with Crippen LogP contribution in [0, 0.1) is 0 Å². The van der Waals surface area contributed by atoms with Crippen LogP contribution in [0.2, 0.25) is 0 Å². The first-order valence-corrected chi connectivity index (χ1v) is 10.3. The van der Waals surface area contributed by atoms with E-state index in [1.54, 1.807) is 0 Å². The lowest BCUT2D eigenvalue weighted by Crippen LogP contribution is -2.38. The maximum absolute atomic E-state index is 12.9. The van der Waals surface area contributed by atoms with E-state index in [2.05, 4.69) is 30.2 Å². The highest BCUT2D eigenvalue weighted by Gasteiger charge is 2.38. The second kappa shape index (κ2) is 8.30. The molecule has 0 unspecified atom stereocenters. The molecule has 0 radical (unpaired) electrons. The molecule has 0 spiro atoms. The first-order valence-electron chi connectivity index (χ1n) is 10.3. The van der Waals surface area contributed by atoms with Crippen LogP contribution < -0.4 is 0 Å². The Balaban J connectivity index is 1.27. The van der Waals surface area contributed by atoms with Gasteiger partial charge in [0.15, 0.2) is 22.8 Å². The van der Waals surface area contributed by atoms with E-state index in [9.17, 15) is 9.59 Å². The third kappa shape index (κ3) is 3.78. The fourth-order valence-corrected chi connectivity index (χ4v) is 3.84. The van der Waals surface area contributed by atoms with Gasteiger partial charge < -0.3 is 9.47 Å². The Kier molecular flexibility index (Phi) is 5.37. The molecule has 30 heavy (non-hydrogen) atoms. The molecule has 2 aliphatic heterocycles. The Hall–Kier alpha value is -2.54. The van der Waals surface area contributed by atoms with Crippen LogP contribution in [0.1, 0.15) is 32.4 Å². The van der Waals surface area contributed by atoms with Gasteiger partial charge in [0.25, 0.3) is 0 Å². The Morgan fingerprint density at radius 2 is 0.900 bits per heavy atom. The Morgan fingerprint density at radius 1 is 0.567 bits per heavy atom. The number of ketones is 2. The second-order valence-electron chi connectivity index (χ2n) is 7.55. The molecule has 2 fully saturated rings. The van der Waals surface area contributed by atoms with Crippen molar-refractivity contribution in [3.63, 3.8) is 0 Å². The number of nitrogens with zero attached hydrogens (tertiary/aromatic N) is 8. The number of morpholine rings is 2. The summed E-state index contributed by atoms with van der Waals surface area (Å²) < 4.78 is 10.7. The molecular formula is C18H24N8O4. The van der Waals surface area contributed by atoms with Crippen LogP contribution in [0.4, 0.5) is 0 Å². The number of fused-ring (bicyclic) bond motifs is 2. The molecule has 2 aromatic rings. The van der Waals surface area contributed by atoms with Crippen LogP contribution in [-0.2, 0) is 22.6 Å². The largest absolute Gasteiger partial charge is 0.379 e. The molecule has 0 amide bonds. The third-order valence-corrected chi connectivity index (χ3v) is 5.61. The van der Waals surface area contributed by atoms with Gasteiger partial charge in [-0.15, -0.1) is 20.4 Å². The number of carbonyl (C=O) groups excluding carboxylic acids is 2. The molecule has 5 rings (SSSR count). The number of carbonyl (C=O) groups is 2. The Bertz CT molecular complexity index is 819. The summed E-state index contributed by atoms with van der Waals surface area (Å²) >= 11 is 0. The number of aromatic nitrogens is 6. The Labute approximate surface area is 172 Å². The molecular weight excluding hydrogens is 392 g/mol. The zero-order valence-corrected chi connectivity index (χ0v) is 16.7. The van der Waals surface area contributed by atoms with Gasteiger partial charge in [0.1, 0.15) is 0 Å². The number of rotatable bonds is 6. The topological polar surface area (TPSA) is 120 Å². The third-order valence-electron chi connectivity index (χ3n) is 5.61. The minimum absolute atomic E-state index is 0.0645. The van der Waals surface area contributed by atoms with Crippen LogP contribution in [0.5, 0.6) is 0 Å². The van der Waals surface area contributed by atoms with E-state index in [0.29, 0.717) is 39.5 Å². The first-order chi connectivity index (χ1) is 14.7. The van der Waals surface area contributed by atoms with Gasteiger partial charge in [0.05, 0.1) is 39.5 Å². The fourth-order valence-electron chi connectivity index (χ4n) is 3.84. The molecule has 0 aromatic carbocycles. The van der Waals surface area contributed by atoms with Gasteiger partial charge in [-0.1, -0.05) is 0 Å². The van der Waals surface area contributed by atoms with Crippen LogP contribution in [-0.4, -0.2) is 117 Å². The van der Waals surface area contributed by atoms with E-state index in [1.807, 2.05) is 0 Å². The van der Waals surface area contributed by atoms with Gasteiger partial charge in [-0.3, -0.25) is 19.4 Å². The molecule has 160 valence electrons. The second-order valence-corrected chi connectivity index (χ2v) is 7.55. The maximum Gasteiger partial charge on any atom is 0.238 e. The van der Waals surface area contributed by atoms with E-state index >= 15 is 0 Å². The SMILES string of the molecule is O=C1c2nn(CCN3CCOCC3)nc2C(=O)c2nn(CCN3CCOCC3)nc21. The predicted octanol–water partition coefficient (Wildman–Crippen LogP) is -1.69. The van der Waals surface area contributed by atoms with Crippen molar-refractivity contribution in [2.75, 3.05) is 65.7 Å². The quantitative estimate of drug-likeness (QED) is 0.460. The lowest BCUT2D eigenvalue weighted by Gasteiger charge is -2.26. The van der Waals surface area contributed by atoms with Crippen molar-refractivity contribution < 1.29 is 19.1 Å². The summed E-state index contributed by atoms with van der Waals surface area (Å²) in [7, 11) is 0. The van der Waals surface area contributed by atoms with E-state index in [4.69, 9.17) is 9.47 Å². The number of ether oxygens (including phenoxy) is 2. The molecule has 0 N–H and O–H groups in total. The zero-order chi connectivity index (χ0) is 20.5. The van der Waals surface area contributed by atoms with Crippen LogP contribution in [0.25, 0.3) is 0 Å². The lowest BCUT2D eigenvalue weighted by molar-refractivity contribution is 0.0354. The number of hydrogen-bond acceptors (Lipinski definition) is 10. The average molecular weight is 416 g/mol. The smallest absolute Gasteiger partial charge is 0.238 e. The summed E-state index contributed by atoms with van der Waals surface area (Å²) in [5.41, 5.74) is 0.258. The van der Waals surface area contributed by atoms with Crippen molar-refractivity contribution in [1.82, 2.24) is 39.8 Å². The molecule has 2 saturated heterocycles. The lowest BCUT2D eigenvalue weighted by atomic mass is 10.00. The molecule has 12 nitrogen and oxygen atoms in total. The van der Waals surface area contributed by atoms with Gasteiger partial charge >= 0.3 is 0 Å². The summed E-state index contributed by atoms with van der Waals surface area (Å²) in [5.74, 6) is -0.787. The normalized spacial score (nSPS) is 20.4. The molecule has 12 heteroatoms. The van der Waals surface area contributed by atoms with Crippen molar-refractivity contribution in [3.05, 3.63) is 22.8 Å². The van der Waals surface area contributed by atoms with Gasteiger partial charge in [-0.2, -0.15) is 9.59 Å². The summed E-state index contributed by atoms with van der Waals surface area (Å²) in [5, 5.41) is 17.1. The molecule has 3 aliphatic rings. The minimum atomic E-state index is -0.394. The average Bonchev–Trinajstić information content (AvgIpc) is 3.41.